The standard InChI is InChI=1S/C11H20N4/c12-11-4-1-6-14(10-11)7-3-9-15-8-2-5-13-15/h2,5,8,11H,1,3-4,6-7,9-10,12H2. The second-order valence-electron chi connectivity index (χ2n) is 4.33. The number of hydrogen-bond acceptors (Lipinski definition) is 3. The smallest absolute Gasteiger partial charge is 0.0489 e. The third-order valence-electron chi connectivity index (χ3n) is 2.96. The van der Waals surface area contributed by atoms with Crippen molar-refractivity contribution >= 4 is 0 Å². The van der Waals surface area contributed by atoms with Gasteiger partial charge in [-0.25, -0.2) is 0 Å². The number of likely N-dealkylation sites (tertiary alicyclic amines) is 1. The average Bonchev–Trinajstić information content (AvgIpc) is 2.71. The maximum absolute atomic E-state index is 5.93. The Morgan fingerprint density at radius 2 is 2.33 bits per heavy atom. The van der Waals surface area contributed by atoms with Gasteiger partial charge in [0.05, 0.1) is 0 Å². The summed E-state index contributed by atoms with van der Waals surface area (Å²) in [7, 11) is 0. The Morgan fingerprint density at radius 3 is 3.07 bits per heavy atom. The molecule has 1 fully saturated rings. The second-order valence-corrected chi connectivity index (χ2v) is 4.33. The van der Waals surface area contributed by atoms with Crippen molar-refractivity contribution in [3.8, 4) is 0 Å². The van der Waals surface area contributed by atoms with Crippen molar-refractivity contribution in [2.45, 2.75) is 31.8 Å². The number of hydrogen-bond donors (Lipinski definition) is 1. The van der Waals surface area contributed by atoms with Gasteiger partial charge in [0.1, 0.15) is 0 Å². The fourth-order valence-corrected chi connectivity index (χ4v) is 2.18. The Kier molecular flexibility index (Phi) is 3.75. The van der Waals surface area contributed by atoms with Crippen LogP contribution >= 0.6 is 0 Å². The molecule has 1 aromatic heterocycles. The minimum absolute atomic E-state index is 0.392. The molecule has 0 aromatic carbocycles. The van der Waals surface area contributed by atoms with Crippen LogP contribution in [0.3, 0.4) is 0 Å². The summed E-state index contributed by atoms with van der Waals surface area (Å²) in [5.74, 6) is 0. The van der Waals surface area contributed by atoms with Crippen molar-refractivity contribution in [2.24, 2.45) is 5.73 Å². The van der Waals surface area contributed by atoms with Gasteiger partial charge in [-0.3, -0.25) is 4.68 Å². The van der Waals surface area contributed by atoms with E-state index in [0.29, 0.717) is 6.04 Å². The topological polar surface area (TPSA) is 47.1 Å². The minimum atomic E-state index is 0.392. The van der Waals surface area contributed by atoms with Crippen molar-refractivity contribution < 1.29 is 0 Å². The zero-order chi connectivity index (χ0) is 10.5. The predicted molar refractivity (Wildman–Crippen MR) is 60.5 cm³/mol. The third-order valence-corrected chi connectivity index (χ3v) is 2.96. The molecule has 0 bridgehead atoms. The van der Waals surface area contributed by atoms with E-state index in [1.165, 1.54) is 19.4 Å². The third kappa shape index (κ3) is 3.32. The molecule has 0 spiro atoms. The molecular weight excluding hydrogens is 188 g/mol. The van der Waals surface area contributed by atoms with Crippen LogP contribution in [0, 0.1) is 0 Å². The summed E-state index contributed by atoms with van der Waals surface area (Å²) in [5.41, 5.74) is 5.93. The zero-order valence-electron chi connectivity index (χ0n) is 9.18. The average molecular weight is 208 g/mol. The van der Waals surface area contributed by atoms with Crippen molar-refractivity contribution in [3.05, 3.63) is 18.5 Å². The molecular formula is C11H20N4. The molecule has 1 aromatic rings. The fraction of sp³-hybridized carbons (Fsp3) is 0.727. The van der Waals surface area contributed by atoms with Crippen LogP contribution in [0.5, 0.6) is 0 Å². The van der Waals surface area contributed by atoms with Crippen LogP contribution in [0.25, 0.3) is 0 Å². The highest BCUT2D eigenvalue weighted by Gasteiger charge is 2.15. The molecule has 1 atom stereocenters. The van der Waals surface area contributed by atoms with Gasteiger partial charge in [0.25, 0.3) is 0 Å². The molecule has 84 valence electrons. The highest BCUT2D eigenvalue weighted by Crippen LogP contribution is 2.08. The second kappa shape index (κ2) is 5.28. The van der Waals surface area contributed by atoms with E-state index in [-0.39, 0.29) is 0 Å². The molecule has 0 radical (unpaired) electrons. The number of piperidine rings is 1. The number of rotatable bonds is 4. The summed E-state index contributed by atoms with van der Waals surface area (Å²) in [6.45, 7) is 4.44. The quantitative estimate of drug-likeness (QED) is 0.792. The van der Waals surface area contributed by atoms with E-state index in [4.69, 9.17) is 5.73 Å². The molecule has 0 amide bonds. The fourth-order valence-electron chi connectivity index (χ4n) is 2.18. The first kappa shape index (κ1) is 10.6. The minimum Gasteiger partial charge on any atom is -0.327 e. The summed E-state index contributed by atoms with van der Waals surface area (Å²) >= 11 is 0. The molecule has 2 rings (SSSR count). The lowest BCUT2D eigenvalue weighted by atomic mass is 10.1. The lowest BCUT2D eigenvalue weighted by molar-refractivity contribution is 0.203. The van der Waals surface area contributed by atoms with Gasteiger partial charge in [0, 0.05) is 31.5 Å². The Balaban J connectivity index is 1.65. The molecule has 2 N–H and O–H groups in total. The Hall–Kier alpha value is -0.870. The van der Waals surface area contributed by atoms with E-state index in [9.17, 15) is 0 Å². The Labute approximate surface area is 91.1 Å². The van der Waals surface area contributed by atoms with Crippen LogP contribution in [0.1, 0.15) is 19.3 Å². The predicted octanol–water partition coefficient (Wildman–Crippen LogP) is 0.696. The molecule has 1 saturated heterocycles. The van der Waals surface area contributed by atoms with E-state index < -0.39 is 0 Å². The summed E-state index contributed by atoms with van der Waals surface area (Å²) in [4.78, 5) is 2.47. The number of aryl methyl sites for hydroxylation is 1. The Morgan fingerprint density at radius 1 is 1.40 bits per heavy atom. The number of nitrogens with zero attached hydrogens (tertiary/aromatic N) is 3. The van der Waals surface area contributed by atoms with Crippen molar-refractivity contribution in [1.82, 2.24) is 14.7 Å². The van der Waals surface area contributed by atoms with Gasteiger partial charge in [-0.1, -0.05) is 0 Å². The van der Waals surface area contributed by atoms with Crippen LogP contribution in [-0.4, -0.2) is 40.4 Å². The summed E-state index contributed by atoms with van der Waals surface area (Å²) in [6.07, 6.45) is 7.45. The lowest BCUT2D eigenvalue weighted by Gasteiger charge is -2.30. The SMILES string of the molecule is NC1CCCN(CCCn2cccn2)C1. The maximum atomic E-state index is 5.93. The first-order valence-corrected chi connectivity index (χ1v) is 5.80. The maximum Gasteiger partial charge on any atom is 0.0489 e. The van der Waals surface area contributed by atoms with Crippen molar-refractivity contribution in [2.75, 3.05) is 19.6 Å². The van der Waals surface area contributed by atoms with Crippen molar-refractivity contribution in [1.29, 1.82) is 0 Å². The molecule has 0 saturated carbocycles. The van der Waals surface area contributed by atoms with Gasteiger partial charge < -0.3 is 10.6 Å². The van der Waals surface area contributed by atoms with Gasteiger partial charge in [-0.2, -0.15) is 5.10 Å². The van der Waals surface area contributed by atoms with Gasteiger partial charge in [-0.05, 0) is 38.4 Å². The summed E-state index contributed by atoms with van der Waals surface area (Å²) in [5, 5.41) is 4.19. The van der Waals surface area contributed by atoms with Gasteiger partial charge in [0.15, 0.2) is 0 Å². The van der Waals surface area contributed by atoms with Gasteiger partial charge >= 0.3 is 0 Å². The molecule has 4 nitrogen and oxygen atoms in total. The van der Waals surface area contributed by atoms with Crippen molar-refractivity contribution in [3.63, 3.8) is 0 Å². The van der Waals surface area contributed by atoms with Crippen LogP contribution in [0.15, 0.2) is 18.5 Å². The van der Waals surface area contributed by atoms with Crippen LogP contribution in [-0.2, 0) is 6.54 Å². The van der Waals surface area contributed by atoms with E-state index in [0.717, 1.165) is 26.1 Å². The molecule has 1 unspecified atom stereocenters. The van der Waals surface area contributed by atoms with Gasteiger partial charge in [0.2, 0.25) is 0 Å². The Bertz CT molecular complexity index is 270. The lowest BCUT2D eigenvalue weighted by Crippen LogP contribution is -2.43. The normalized spacial score (nSPS) is 23.1. The van der Waals surface area contributed by atoms with E-state index in [1.54, 1.807) is 0 Å². The van der Waals surface area contributed by atoms with Gasteiger partial charge in [-0.15, -0.1) is 0 Å². The van der Waals surface area contributed by atoms with Crippen LogP contribution in [0.2, 0.25) is 0 Å². The molecule has 0 aliphatic carbocycles. The zero-order valence-corrected chi connectivity index (χ0v) is 9.18. The molecule has 1 aliphatic heterocycles. The van der Waals surface area contributed by atoms with E-state index in [1.807, 2.05) is 23.1 Å². The van der Waals surface area contributed by atoms with E-state index >= 15 is 0 Å². The van der Waals surface area contributed by atoms with E-state index in [2.05, 4.69) is 10.00 Å². The largest absolute Gasteiger partial charge is 0.327 e. The molecule has 1 aliphatic rings. The number of nitrogens with two attached hydrogens (primary N) is 1. The van der Waals surface area contributed by atoms with Crippen LogP contribution in [0.4, 0.5) is 0 Å². The summed E-state index contributed by atoms with van der Waals surface area (Å²) in [6, 6.07) is 2.36. The summed E-state index contributed by atoms with van der Waals surface area (Å²) < 4.78 is 1.99. The number of aromatic nitrogens is 2. The highest BCUT2D eigenvalue weighted by molar-refractivity contribution is 4.78. The van der Waals surface area contributed by atoms with Crippen LogP contribution < -0.4 is 5.73 Å². The first-order valence-electron chi connectivity index (χ1n) is 5.80. The monoisotopic (exact) mass is 208 g/mol. The molecule has 2 heterocycles. The first-order chi connectivity index (χ1) is 7.34. The molecule has 15 heavy (non-hydrogen) atoms. The highest BCUT2D eigenvalue weighted by atomic mass is 15.3. The molecule has 4 heteroatoms.